The Hall–Kier alpha value is -2.05. The number of hydrogen-bond acceptors (Lipinski definition) is 3. The highest BCUT2D eigenvalue weighted by Gasteiger charge is 2.27. The van der Waals surface area contributed by atoms with Gasteiger partial charge in [-0.05, 0) is 62.1 Å². The van der Waals surface area contributed by atoms with Crippen LogP contribution >= 0.6 is 11.6 Å². The largest absolute Gasteiger partial charge is 0.322 e. The van der Waals surface area contributed by atoms with Crippen LogP contribution < -0.4 is 9.62 Å². The monoisotopic (exact) mass is 392 g/mol. The third-order valence-corrected chi connectivity index (χ3v) is 6.88. The SMILES string of the molecule is Cc1cccc(NC(=O)c2cc(N3CCCCS3(=O)=O)ccc2Cl)c1C. The standard InChI is InChI=1S/C19H21ClN2O3S/c1-13-6-5-7-18(14(13)2)21-19(23)16-12-15(8-9-17(16)20)22-10-3-4-11-26(22,24)25/h5-9,12H,3-4,10-11H2,1-2H3,(H,21,23). The second-order valence-corrected chi connectivity index (χ2v) is 8.88. The Labute approximate surface area is 159 Å². The van der Waals surface area contributed by atoms with E-state index >= 15 is 0 Å². The number of hydrogen-bond donors (Lipinski definition) is 1. The molecule has 5 nitrogen and oxygen atoms in total. The van der Waals surface area contributed by atoms with E-state index in [1.165, 1.54) is 4.31 Å². The molecular weight excluding hydrogens is 372 g/mol. The molecule has 138 valence electrons. The first-order valence-electron chi connectivity index (χ1n) is 8.47. The molecule has 0 atom stereocenters. The molecule has 0 bridgehead atoms. The van der Waals surface area contributed by atoms with Gasteiger partial charge in [-0.1, -0.05) is 23.7 Å². The second kappa shape index (κ2) is 7.29. The Morgan fingerprint density at radius 2 is 1.92 bits per heavy atom. The van der Waals surface area contributed by atoms with Crippen LogP contribution in [0.2, 0.25) is 5.02 Å². The van der Waals surface area contributed by atoms with Gasteiger partial charge in [0, 0.05) is 12.2 Å². The number of nitrogens with one attached hydrogen (secondary N) is 1. The van der Waals surface area contributed by atoms with Gasteiger partial charge in [-0.2, -0.15) is 0 Å². The molecule has 1 fully saturated rings. The van der Waals surface area contributed by atoms with Gasteiger partial charge < -0.3 is 5.32 Å². The van der Waals surface area contributed by atoms with Crippen LogP contribution in [0.25, 0.3) is 0 Å². The number of carbonyl (C=O) groups excluding carboxylic acids is 1. The highest BCUT2D eigenvalue weighted by atomic mass is 35.5. The molecule has 2 aromatic rings. The van der Waals surface area contributed by atoms with Crippen molar-refractivity contribution in [3.05, 3.63) is 58.1 Å². The van der Waals surface area contributed by atoms with Gasteiger partial charge in [0.2, 0.25) is 10.0 Å². The summed E-state index contributed by atoms with van der Waals surface area (Å²) in [5, 5.41) is 3.15. The first-order valence-corrected chi connectivity index (χ1v) is 10.5. The molecule has 1 amide bonds. The van der Waals surface area contributed by atoms with Gasteiger partial charge in [0.05, 0.1) is 22.0 Å². The Morgan fingerprint density at radius 3 is 2.65 bits per heavy atom. The maximum atomic E-state index is 12.7. The van der Waals surface area contributed by atoms with Crippen molar-refractivity contribution in [2.75, 3.05) is 21.9 Å². The molecule has 1 aliphatic heterocycles. The van der Waals surface area contributed by atoms with E-state index in [1.807, 2.05) is 32.0 Å². The lowest BCUT2D eigenvalue weighted by Crippen LogP contribution is -2.38. The zero-order valence-corrected chi connectivity index (χ0v) is 16.3. The van der Waals surface area contributed by atoms with Gasteiger partial charge in [0.1, 0.15) is 0 Å². The second-order valence-electron chi connectivity index (χ2n) is 6.46. The van der Waals surface area contributed by atoms with E-state index in [0.29, 0.717) is 24.3 Å². The van der Waals surface area contributed by atoms with Crippen molar-refractivity contribution in [2.45, 2.75) is 26.7 Å². The van der Waals surface area contributed by atoms with E-state index in [-0.39, 0.29) is 22.2 Å². The molecule has 1 aliphatic rings. The number of sulfonamides is 1. The Balaban J connectivity index is 1.92. The molecule has 0 radical (unpaired) electrons. The number of benzene rings is 2. The van der Waals surface area contributed by atoms with Crippen molar-refractivity contribution >= 4 is 38.9 Å². The van der Waals surface area contributed by atoms with Crippen molar-refractivity contribution in [3.63, 3.8) is 0 Å². The average molecular weight is 393 g/mol. The third-order valence-electron chi connectivity index (χ3n) is 4.68. The van der Waals surface area contributed by atoms with Gasteiger partial charge >= 0.3 is 0 Å². The first-order chi connectivity index (χ1) is 12.3. The summed E-state index contributed by atoms with van der Waals surface area (Å²) in [6.45, 7) is 4.32. The minimum absolute atomic E-state index is 0.125. The van der Waals surface area contributed by atoms with Crippen molar-refractivity contribution in [1.29, 1.82) is 0 Å². The van der Waals surface area contributed by atoms with Crippen LogP contribution in [0.5, 0.6) is 0 Å². The summed E-state index contributed by atoms with van der Waals surface area (Å²) >= 11 is 6.21. The Bertz CT molecular complexity index is 957. The lowest BCUT2D eigenvalue weighted by Gasteiger charge is -2.28. The molecule has 3 rings (SSSR count). The predicted octanol–water partition coefficient (Wildman–Crippen LogP) is 4.14. The van der Waals surface area contributed by atoms with E-state index < -0.39 is 10.0 Å². The zero-order chi connectivity index (χ0) is 18.9. The van der Waals surface area contributed by atoms with E-state index in [9.17, 15) is 13.2 Å². The van der Waals surface area contributed by atoms with Crippen LogP contribution in [0.4, 0.5) is 11.4 Å². The van der Waals surface area contributed by atoms with Crippen LogP contribution in [-0.2, 0) is 10.0 Å². The number of rotatable bonds is 3. The molecule has 2 aromatic carbocycles. The molecule has 0 saturated carbocycles. The highest BCUT2D eigenvalue weighted by molar-refractivity contribution is 7.92. The summed E-state index contributed by atoms with van der Waals surface area (Å²) in [7, 11) is -3.34. The zero-order valence-electron chi connectivity index (χ0n) is 14.8. The van der Waals surface area contributed by atoms with E-state index in [2.05, 4.69) is 5.32 Å². The third kappa shape index (κ3) is 3.71. The number of halogens is 1. The first kappa shape index (κ1) is 18.7. The Morgan fingerprint density at radius 1 is 1.15 bits per heavy atom. The lowest BCUT2D eigenvalue weighted by molar-refractivity contribution is 0.102. The van der Waals surface area contributed by atoms with Gasteiger partial charge in [-0.15, -0.1) is 0 Å². The molecular formula is C19H21ClN2O3S. The minimum Gasteiger partial charge on any atom is -0.322 e. The van der Waals surface area contributed by atoms with Crippen LogP contribution in [0.1, 0.15) is 34.3 Å². The number of carbonyl (C=O) groups is 1. The fourth-order valence-corrected chi connectivity index (χ4v) is 4.83. The predicted molar refractivity (Wildman–Crippen MR) is 106 cm³/mol. The van der Waals surface area contributed by atoms with E-state index in [1.54, 1.807) is 18.2 Å². The highest BCUT2D eigenvalue weighted by Crippen LogP contribution is 2.29. The fourth-order valence-electron chi connectivity index (χ4n) is 3.00. The fraction of sp³-hybridized carbons (Fsp3) is 0.316. The van der Waals surface area contributed by atoms with Crippen LogP contribution in [-0.4, -0.2) is 26.6 Å². The van der Waals surface area contributed by atoms with Crippen LogP contribution in [0.3, 0.4) is 0 Å². The van der Waals surface area contributed by atoms with Crippen molar-refractivity contribution < 1.29 is 13.2 Å². The van der Waals surface area contributed by atoms with Crippen LogP contribution in [0, 0.1) is 13.8 Å². The number of nitrogens with zero attached hydrogens (tertiary/aromatic N) is 1. The van der Waals surface area contributed by atoms with Gasteiger partial charge in [-0.3, -0.25) is 9.10 Å². The maximum Gasteiger partial charge on any atom is 0.257 e. The van der Waals surface area contributed by atoms with Crippen molar-refractivity contribution in [1.82, 2.24) is 0 Å². The molecule has 0 unspecified atom stereocenters. The topological polar surface area (TPSA) is 66.5 Å². The molecule has 0 aliphatic carbocycles. The quantitative estimate of drug-likeness (QED) is 0.853. The molecule has 1 N–H and O–H groups in total. The summed E-state index contributed by atoms with van der Waals surface area (Å²) in [4.78, 5) is 12.7. The summed E-state index contributed by atoms with van der Waals surface area (Å²) in [5.41, 5.74) is 3.49. The van der Waals surface area contributed by atoms with Crippen molar-refractivity contribution in [3.8, 4) is 0 Å². The molecule has 26 heavy (non-hydrogen) atoms. The summed E-state index contributed by atoms with van der Waals surface area (Å²) < 4.78 is 26.0. The average Bonchev–Trinajstić information content (AvgIpc) is 2.59. The van der Waals surface area contributed by atoms with Gasteiger partial charge in [0.25, 0.3) is 5.91 Å². The van der Waals surface area contributed by atoms with E-state index in [0.717, 1.165) is 17.5 Å². The molecule has 0 spiro atoms. The lowest BCUT2D eigenvalue weighted by atomic mass is 10.1. The van der Waals surface area contributed by atoms with E-state index in [4.69, 9.17) is 11.6 Å². The Kier molecular flexibility index (Phi) is 5.25. The summed E-state index contributed by atoms with van der Waals surface area (Å²) in [6, 6.07) is 10.4. The summed E-state index contributed by atoms with van der Waals surface area (Å²) in [5.74, 6) is -0.237. The number of amides is 1. The number of anilines is 2. The molecule has 1 saturated heterocycles. The number of aryl methyl sites for hydroxylation is 1. The van der Waals surface area contributed by atoms with Gasteiger partial charge in [-0.25, -0.2) is 8.42 Å². The maximum absolute atomic E-state index is 12.7. The molecule has 0 aromatic heterocycles. The molecule has 7 heteroatoms. The summed E-state index contributed by atoms with van der Waals surface area (Å²) in [6.07, 6.45) is 1.46. The van der Waals surface area contributed by atoms with Crippen LogP contribution in [0.15, 0.2) is 36.4 Å². The minimum atomic E-state index is -3.34. The normalized spacial score (nSPS) is 16.3. The van der Waals surface area contributed by atoms with Gasteiger partial charge in [0.15, 0.2) is 0 Å². The smallest absolute Gasteiger partial charge is 0.257 e. The molecule has 1 heterocycles. The van der Waals surface area contributed by atoms with Crippen molar-refractivity contribution in [2.24, 2.45) is 0 Å².